The predicted molar refractivity (Wildman–Crippen MR) is 106 cm³/mol. The fourth-order valence-electron chi connectivity index (χ4n) is 3.09. The van der Waals surface area contributed by atoms with Crippen molar-refractivity contribution in [1.29, 1.82) is 0 Å². The van der Waals surface area contributed by atoms with Crippen LogP contribution in [0.25, 0.3) is 17.0 Å². The minimum absolute atomic E-state index is 0.0451. The summed E-state index contributed by atoms with van der Waals surface area (Å²) in [5.41, 5.74) is -2.33. The number of rotatable bonds is 4. The molecule has 170 valence electrons. The second kappa shape index (κ2) is 8.15. The van der Waals surface area contributed by atoms with Gasteiger partial charge in [0.15, 0.2) is 5.76 Å². The first-order valence-electron chi connectivity index (χ1n) is 9.32. The Labute approximate surface area is 182 Å². The van der Waals surface area contributed by atoms with Crippen molar-refractivity contribution in [2.24, 2.45) is 0 Å². The van der Waals surface area contributed by atoms with Crippen molar-refractivity contribution in [1.82, 2.24) is 9.78 Å². The monoisotopic (exact) mass is 465 g/mol. The average Bonchev–Trinajstić information content (AvgIpc) is 3.45. The van der Waals surface area contributed by atoms with Gasteiger partial charge in [0.1, 0.15) is 5.76 Å². The van der Waals surface area contributed by atoms with Gasteiger partial charge in [-0.25, -0.2) is 4.68 Å². The summed E-state index contributed by atoms with van der Waals surface area (Å²) in [7, 11) is 0. The van der Waals surface area contributed by atoms with Crippen LogP contribution in [-0.2, 0) is 12.4 Å². The van der Waals surface area contributed by atoms with Crippen molar-refractivity contribution in [3.8, 4) is 17.0 Å². The highest BCUT2D eigenvalue weighted by molar-refractivity contribution is 6.03. The highest BCUT2D eigenvalue weighted by atomic mass is 19.4. The summed E-state index contributed by atoms with van der Waals surface area (Å²) >= 11 is 0. The molecule has 0 aliphatic rings. The van der Waals surface area contributed by atoms with Crippen molar-refractivity contribution in [3.63, 3.8) is 0 Å². The van der Waals surface area contributed by atoms with Crippen LogP contribution < -0.4 is 5.32 Å². The van der Waals surface area contributed by atoms with Crippen LogP contribution in [0.2, 0.25) is 0 Å². The van der Waals surface area contributed by atoms with E-state index < -0.39 is 35.1 Å². The molecule has 0 aliphatic carbocycles. The summed E-state index contributed by atoms with van der Waals surface area (Å²) in [6.45, 7) is 0. The van der Waals surface area contributed by atoms with Gasteiger partial charge in [-0.05, 0) is 48.5 Å². The molecular formula is C22H13F6N3O2. The highest BCUT2D eigenvalue weighted by Crippen LogP contribution is 2.37. The van der Waals surface area contributed by atoms with E-state index in [1.165, 1.54) is 41.3 Å². The molecule has 11 heteroatoms. The molecule has 0 unspecified atom stereocenters. The molecule has 0 fully saturated rings. The summed E-state index contributed by atoms with van der Waals surface area (Å²) in [4.78, 5) is 12.5. The van der Waals surface area contributed by atoms with Gasteiger partial charge in [-0.1, -0.05) is 12.1 Å². The van der Waals surface area contributed by atoms with Crippen LogP contribution in [0, 0.1) is 0 Å². The average molecular weight is 465 g/mol. The van der Waals surface area contributed by atoms with E-state index in [0.717, 1.165) is 30.3 Å². The number of hydrogen-bond donors (Lipinski definition) is 1. The van der Waals surface area contributed by atoms with Gasteiger partial charge >= 0.3 is 12.4 Å². The van der Waals surface area contributed by atoms with E-state index >= 15 is 0 Å². The van der Waals surface area contributed by atoms with Crippen LogP contribution in [0.15, 0.2) is 77.5 Å². The maximum absolute atomic E-state index is 13.6. The number of carbonyl (C=O) groups excluding carboxylic acids is 1. The van der Waals surface area contributed by atoms with E-state index in [0.29, 0.717) is 0 Å². The van der Waals surface area contributed by atoms with Crippen molar-refractivity contribution < 1.29 is 35.6 Å². The van der Waals surface area contributed by atoms with Crippen LogP contribution in [0.3, 0.4) is 0 Å². The van der Waals surface area contributed by atoms with Crippen molar-refractivity contribution in [3.05, 3.63) is 89.9 Å². The topological polar surface area (TPSA) is 60.1 Å². The van der Waals surface area contributed by atoms with Gasteiger partial charge in [-0.3, -0.25) is 4.79 Å². The third-order valence-electron chi connectivity index (χ3n) is 4.63. The molecule has 33 heavy (non-hydrogen) atoms. The van der Waals surface area contributed by atoms with Crippen LogP contribution in [0.1, 0.15) is 21.7 Å². The first-order chi connectivity index (χ1) is 15.5. The largest absolute Gasteiger partial charge is 0.451 e. The van der Waals surface area contributed by atoms with Crippen molar-refractivity contribution in [2.45, 2.75) is 12.4 Å². The van der Waals surface area contributed by atoms with E-state index in [2.05, 4.69) is 10.4 Å². The molecule has 1 N–H and O–H groups in total. The van der Waals surface area contributed by atoms with Gasteiger partial charge < -0.3 is 9.73 Å². The Morgan fingerprint density at radius 3 is 2.36 bits per heavy atom. The van der Waals surface area contributed by atoms with E-state index in [-0.39, 0.29) is 22.8 Å². The second-order valence-corrected chi connectivity index (χ2v) is 6.87. The summed E-state index contributed by atoms with van der Waals surface area (Å²) in [6, 6.07) is 11.5. The third-order valence-corrected chi connectivity index (χ3v) is 4.63. The van der Waals surface area contributed by atoms with Crippen molar-refractivity contribution >= 4 is 11.6 Å². The number of aromatic nitrogens is 2. The number of nitrogens with zero attached hydrogens (tertiary/aromatic N) is 2. The minimum Gasteiger partial charge on any atom is -0.451 e. The Morgan fingerprint density at radius 2 is 1.70 bits per heavy atom. The predicted octanol–water partition coefficient (Wildman–Crippen LogP) is 6.42. The van der Waals surface area contributed by atoms with Crippen molar-refractivity contribution in [2.75, 3.05) is 5.32 Å². The molecule has 0 saturated carbocycles. The molecule has 4 rings (SSSR count). The lowest BCUT2D eigenvalue weighted by Gasteiger charge is -2.15. The van der Waals surface area contributed by atoms with Crippen LogP contribution >= 0.6 is 0 Å². The minimum atomic E-state index is -4.78. The molecule has 0 spiro atoms. The molecule has 0 bridgehead atoms. The Kier molecular flexibility index (Phi) is 5.48. The number of anilines is 1. The van der Waals surface area contributed by atoms with E-state index in [1.54, 1.807) is 6.07 Å². The molecule has 0 radical (unpaired) electrons. The quantitative estimate of drug-likeness (QED) is 0.354. The van der Waals surface area contributed by atoms with Gasteiger partial charge in [0.05, 0.1) is 22.5 Å². The number of nitrogens with one attached hydrogen (secondary N) is 1. The standard InChI is InChI=1S/C22H13F6N3O2/c23-21(24,25)14-4-1-3-13(11-14)18-7-8-19(33-18)20(32)30-17-6-5-15(31-10-2-9-29-31)12-16(17)22(26,27)28/h1-12H,(H,30,32). The molecule has 1 amide bonds. The fraction of sp³-hybridized carbons (Fsp3) is 0.0909. The Bertz CT molecular complexity index is 1290. The van der Waals surface area contributed by atoms with Gasteiger partial charge in [-0.15, -0.1) is 0 Å². The first-order valence-corrected chi connectivity index (χ1v) is 9.32. The molecule has 0 atom stereocenters. The third kappa shape index (κ3) is 4.76. The number of amides is 1. The molecule has 5 nitrogen and oxygen atoms in total. The lowest BCUT2D eigenvalue weighted by Crippen LogP contribution is -2.16. The van der Waals surface area contributed by atoms with E-state index in [1.807, 2.05) is 0 Å². The maximum Gasteiger partial charge on any atom is 0.418 e. The number of furan rings is 1. The summed E-state index contributed by atoms with van der Waals surface area (Å²) in [6.07, 6.45) is -6.48. The molecular weight excluding hydrogens is 452 g/mol. The maximum atomic E-state index is 13.6. The van der Waals surface area contributed by atoms with Gasteiger partial charge in [0.2, 0.25) is 0 Å². The zero-order valence-electron chi connectivity index (χ0n) is 16.4. The SMILES string of the molecule is O=C(Nc1ccc(-n2cccn2)cc1C(F)(F)F)c1ccc(-c2cccc(C(F)(F)F)c2)o1. The van der Waals surface area contributed by atoms with Crippen LogP contribution in [-0.4, -0.2) is 15.7 Å². The molecule has 2 aromatic heterocycles. The number of halogens is 6. The lowest BCUT2D eigenvalue weighted by molar-refractivity contribution is -0.138. The lowest BCUT2D eigenvalue weighted by atomic mass is 10.1. The van der Waals surface area contributed by atoms with E-state index in [4.69, 9.17) is 4.42 Å². The van der Waals surface area contributed by atoms with E-state index in [9.17, 15) is 31.1 Å². The first kappa shape index (κ1) is 22.2. The summed E-state index contributed by atoms with van der Waals surface area (Å²) < 4.78 is 86.1. The Balaban J connectivity index is 1.60. The second-order valence-electron chi connectivity index (χ2n) is 6.87. The molecule has 4 aromatic rings. The molecule has 2 heterocycles. The van der Waals surface area contributed by atoms with Gasteiger partial charge in [0, 0.05) is 18.0 Å². The van der Waals surface area contributed by atoms with Gasteiger partial charge in [-0.2, -0.15) is 31.4 Å². The van der Waals surface area contributed by atoms with Crippen LogP contribution in [0.4, 0.5) is 32.0 Å². The Hall–Kier alpha value is -4.02. The molecule has 0 saturated heterocycles. The Morgan fingerprint density at radius 1 is 0.909 bits per heavy atom. The smallest absolute Gasteiger partial charge is 0.418 e. The highest BCUT2D eigenvalue weighted by Gasteiger charge is 2.35. The fourth-order valence-corrected chi connectivity index (χ4v) is 3.09. The molecule has 0 aliphatic heterocycles. The normalized spacial score (nSPS) is 12.1. The zero-order valence-corrected chi connectivity index (χ0v) is 16.4. The summed E-state index contributed by atoms with van der Waals surface area (Å²) in [5, 5.41) is 6.02. The number of carbonyl (C=O) groups is 1. The number of alkyl halides is 6. The van der Waals surface area contributed by atoms with Gasteiger partial charge in [0.25, 0.3) is 5.91 Å². The van der Waals surface area contributed by atoms with Crippen LogP contribution in [0.5, 0.6) is 0 Å². The summed E-state index contributed by atoms with van der Waals surface area (Å²) in [5.74, 6) is -1.41. The molecule has 2 aromatic carbocycles. The zero-order chi connectivity index (χ0) is 23.8. The number of benzene rings is 2. The number of hydrogen-bond acceptors (Lipinski definition) is 3.